The Morgan fingerprint density at radius 1 is 1.25 bits per heavy atom. The first-order valence-electron chi connectivity index (χ1n) is 9.51. The average Bonchev–Trinajstić information content (AvgIpc) is 3.27. The van der Waals surface area contributed by atoms with Gasteiger partial charge in [0, 0.05) is 60.5 Å². The smallest absolute Gasteiger partial charge is 0.256 e. The molecule has 7 heteroatoms. The van der Waals surface area contributed by atoms with Crippen LogP contribution in [0.4, 0.5) is 5.82 Å². The molecular weight excluding hydrogens is 352 g/mol. The van der Waals surface area contributed by atoms with Gasteiger partial charge in [-0.25, -0.2) is 4.98 Å². The van der Waals surface area contributed by atoms with Gasteiger partial charge in [-0.1, -0.05) is 0 Å². The highest BCUT2D eigenvalue weighted by Gasteiger charge is 2.23. The van der Waals surface area contributed by atoms with Crippen LogP contribution in [0.1, 0.15) is 29.4 Å². The van der Waals surface area contributed by atoms with Crippen LogP contribution in [0.15, 0.2) is 42.7 Å². The van der Waals surface area contributed by atoms with Crippen LogP contribution in [0.2, 0.25) is 0 Å². The molecule has 0 spiro atoms. The molecule has 142 valence electrons. The van der Waals surface area contributed by atoms with Crippen LogP contribution in [0.5, 0.6) is 0 Å². The van der Waals surface area contributed by atoms with Gasteiger partial charge in [-0.2, -0.15) is 5.10 Å². The van der Waals surface area contributed by atoms with Crippen molar-refractivity contribution in [1.29, 1.82) is 0 Å². The van der Waals surface area contributed by atoms with E-state index in [0.717, 1.165) is 34.9 Å². The number of carbonyl (C=O) groups is 1. The first-order valence-corrected chi connectivity index (χ1v) is 9.51. The number of nitrogens with one attached hydrogen (secondary N) is 2. The van der Waals surface area contributed by atoms with E-state index in [0.29, 0.717) is 17.4 Å². The summed E-state index contributed by atoms with van der Waals surface area (Å²) < 4.78 is 1.79. The van der Waals surface area contributed by atoms with Gasteiger partial charge in [-0.05, 0) is 37.6 Å². The molecule has 5 rings (SSSR count). The first kappa shape index (κ1) is 16.9. The zero-order valence-corrected chi connectivity index (χ0v) is 15.9. The maximum absolute atomic E-state index is 12.6. The fourth-order valence-corrected chi connectivity index (χ4v) is 3.76. The predicted octanol–water partition coefficient (Wildman–Crippen LogP) is 3.30. The van der Waals surface area contributed by atoms with E-state index in [1.165, 1.54) is 12.1 Å². The number of nitrogens with zero attached hydrogens (tertiary/aromatic N) is 4. The predicted molar refractivity (Wildman–Crippen MR) is 109 cm³/mol. The number of pyridine rings is 1. The Labute approximate surface area is 162 Å². The van der Waals surface area contributed by atoms with Gasteiger partial charge in [0.1, 0.15) is 5.82 Å². The van der Waals surface area contributed by atoms with Crippen molar-refractivity contribution in [1.82, 2.24) is 24.6 Å². The number of aromatic amines is 1. The molecule has 28 heavy (non-hydrogen) atoms. The zero-order chi connectivity index (χ0) is 19.3. The van der Waals surface area contributed by atoms with Crippen molar-refractivity contribution in [2.45, 2.75) is 25.9 Å². The van der Waals surface area contributed by atoms with Crippen molar-refractivity contribution < 1.29 is 4.79 Å². The van der Waals surface area contributed by atoms with Gasteiger partial charge in [0.25, 0.3) is 5.91 Å². The topological polar surface area (TPSA) is 78.8 Å². The quantitative estimate of drug-likeness (QED) is 0.574. The molecular formula is C21H22N6O. The Morgan fingerprint density at radius 2 is 2.14 bits per heavy atom. The number of rotatable bonds is 4. The summed E-state index contributed by atoms with van der Waals surface area (Å²) in [6.45, 7) is 4.32. The molecule has 0 aliphatic carbocycles. The molecule has 3 aromatic heterocycles. The van der Waals surface area contributed by atoms with E-state index < -0.39 is 0 Å². The number of aromatic nitrogens is 4. The highest BCUT2D eigenvalue weighted by molar-refractivity contribution is 6.06. The van der Waals surface area contributed by atoms with Crippen molar-refractivity contribution in [2.75, 3.05) is 11.9 Å². The molecule has 1 fully saturated rings. The van der Waals surface area contributed by atoms with Crippen molar-refractivity contribution in [3.8, 4) is 0 Å². The second-order valence-electron chi connectivity index (χ2n) is 7.56. The summed E-state index contributed by atoms with van der Waals surface area (Å²) >= 11 is 0. The second kappa shape index (κ2) is 6.45. The minimum absolute atomic E-state index is 0.182. The summed E-state index contributed by atoms with van der Waals surface area (Å²) in [7, 11) is 1.88. The number of carbonyl (C=O) groups excluding carboxylic acids is 1. The number of fused-ring (bicyclic) bond motifs is 2. The molecule has 1 aliphatic rings. The Bertz CT molecular complexity index is 1190. The van der Waals surface area contributed by atoms with Gasteiger partial charge in [0.2, 0.25) is 0 Å². The summed E-state index contributed by atoms with van der Waals surface area (Å²) in [5, 5.41) is 9.10. The number of hydrogen-bond donors (Lipinski definition) is 2. The molecule has 1 amide bonds. The third kappa shape index (κ3) is 2.93. The molecule has 1 aliphatic heterocycles. The first-order chi connectivity index (χ1) is 13.6. The molecule has 0 radical (unpaired) electrons. The van der Waals surface area contributed by atoms with Crippen molar-refractivity contribution in [2.24, 2.45) is 7.05 Å². The van der Waals surface area contributed by atoms with Crippen LogP contribution in [0.25, 0.3) is 21.8 Å². The monoisotopic (exact) mass is 374 g/mol. The van der Waals surface area contributed by atoms with Crippen LogP contribution < -0.4 is 5.32 Å². The summed E-state index contributed by atoms with van der Waals surface area (Å²) in [4.78, 5) is 22.9. The van der Waals surface area contributed by atoms with Crippen LogP contribution in [-0.2, 0) is 13.6 Å². The summed E-state index contributed by atoms with van der Waals surface area (Å²) in [6.07, 6.45) is 4.83. The van der Waals surface area contributed by atoms with Gasteiger partial charge in [-0.15, -0.1) is 0 Å². The van der Waals surface area contributed by atoms with E-state index in [1.807, 2.05) is 25.2 Å². The van der Waals surface area contributed by atoms with Crippen molar-refractivity contribution in [3.05, 3.63) is 54.0 Å². The number of aryl methyl sites for hydroxylation is 1. The van der Waals surface area contributed by atoms with Gasteiger partial charge < -0.3 is 10.3 Å². The van der Waals surface area contributed by atoms with Crippen LogP contribution >= 0.6 is 0 Å². The summed E-state index contributed by atoms with van der Waals surface area (Å²) in [5.74, 6) is 0.355. The van der Waals surface area contributed by atoms with Crippen LogP contribution in [-0.4, -0.2) is 43.1 Å². The van der Waals surface area contributed by atoms with E-state index in [1.54, 1.807) is 23.1 Å². The van der Waals surface area contributed by atoms with Crippen molar-refractivity contribution >= 4 is 33.5 Å². The lowest BCUT2D eigenvalue weighted by Crippen LogP contribution is -2.44. The van der Waals surface area contributed by atoms with Crippen molar-refractivity contribution in [3.63, 3.8) is 0 Å². The number of likely N-dealkylation sites (tertiary alicyclic amines) is 1. The zero-order valence-electron chi connectivity index (χ0n) is 15.9. The molecule has 1 saturated heterocycles. The molecule has 0 bridgehead atoms. The lowest BCUT2D eigenvalue weighted by atomic mass is 10.1. The number of amides is 1. The average molecular weight is 374 g/mol. The Morgan fingerprint density at radius 3 is 2.93 bits per heavy atom. The minimum atomic E-state index is -0.182. The van der Waals surface area contributed by atoms with Gasteiger partial charge in [0.05, 0.1) is 17.2 Å². The molecule has 4 heterocycles. The highest BCUT2D eigenvalue weighted by Crippen LogP contribution is 2.23. The van der Waals surface area contributed by atoms with E-state index >= 15 is 0 Å². The fourth-order valence-electron chi connectivity index (χ4n) is 3.76. The third-order valence-corrected chi connectivity index (χ3v) is 5.64. The largest absolute Gasteiger partial charge is 0.357 e. The standard InChI is InChI=1S/C21H22N6O/c1-13-5-6-27(13)12-17-8-15-10-22-20(9-18(15)24-17)25-21(28)14-3-4-19-16(7-14)11-23-26(19)2/h3-4,7-11,13,24H,5-6,12H2,1-2H3,(H,22,25,28)/t13-/m1/s1. The molecule has 4 aromatic rings. The maximum Gasteiger partial charge on any atom is 0.256 e. The lowest BCUT2D eigenvalue weighted by Gasteiger charge is -2.38. The SMILES string of the molecule is C[C@@H]1CCN1Cc1cc2cnc(NC(=O)c3ccc4c(cnn4C)c3)cc2[nH]1. The lowest BCUT2D eigenvalue weighted by molar-refractivity contribution is 0.0946. The Kier molecular flexibility index (Phi) is 3.91. The molecule has 1 atom stereocenters. The molecule has 2 N–H and O–H groups in total. The van der Waals surface area contributed by atoms with E-state index in [9.17, 15) is 4.79 Å². The normalized spacial score (nSPS) is 17.1. The number of hydrogen-bond acceptors (Lipinski definition) is 4. The summed E-state index contributed by atoms with van der Waals surface area (Å²) in [5.41, 5.74) is 3.73. The Balaban J connectivity index is 1.35. The molecule has 0 saturated carbocycles. The third-order valence-electron chi connectivity index (χ3n) is 5.64. The van der Waals surface area contributed by atoms with Crippen LogP contribution in [0, 0.1) is 0 Å². The Hall–Kier alpha value is -3.19. The number of anilines is 1. The van der Waals surface area contributed by atoms with E-state index in [4.69, 9.17) is 0 Å². The number of benzene rings is 1. The minimum Gasteiger partial charge on any atom is -0.357 e. The maximum atomic E-state index is 12.6. The van der Waals surface area contributed by atoms with Crippen LogP contribution in [0.3, 0.4) is 0 Å². The fraction of sp³-hybridized carbons (Fsp3) is 0.286. The van der Waals surface area contributed by atoms with E-state index in [2.05, 4.69) is 38.3 Å². The number of H-pyrrole nitrogens is 1. The van der Waals surface area contributed by atoms with E-state index in [-0.39, 0.29) is 5.91 Å². The second-order valence-corrected chi connectivity index (χ2v) is 7.56. The summed E-state index contributed by atoms with van der Waals surface area (Å²) in [6, 6.07) is 10.2. The van der Waals surface area contributed by atoms with Gasteiger partial charge >= 0.3 is 0 Å². The molecule has 1 aromatic carbocycles. The molecule has 0 unspecified atom stereocenters. The van der Waals surface area contributed by atoms with Gasteiger partial charge in [-0.3, -0.25) is 14.4 Å². The highest BCUT2D eigenvalue weighted by atomic mass is 16.1. The molecule has 7 nitrogen and oxygen atoms in total. The van der Waals surface area contributed by atoms with Gasteiger partial charge in [0.15, 0.2) is 0 Å².